The Hall–Kier alpha value is -1.06. The largest absolute Gasteiger partial charge is 0.508 e. The molecule has 78 valence electrons. The fraction of sp³-hybridized carbons (Fsp3) is 0.167. The van der Waals surface area contributed by atoms with Crippen LogP contribution in [0.15, 0.2) is 34.8 Å². The van der Waals surface area contributed by atoms with Crippen LogP contribution in [0.25, 0.3) is 10.8 Å². The second-order valence-electron chi connectivity index (χ2n) is 3.54. The Morgan fingerprint density at radius 3 is 2.60 bits per heavy atom. The first-order valence-electron chi connectivity index (χ1n) is 4.69. The SMILES string of the molecule is CC(O)c1c(O)ccc2cc(Br)ccc12. The molecule has 2 N–H and O–H groups in total. The van der Waals surface area contributed by atoms with Crippen LogP contribution in [0.3, 0.4) is 0 Å². The van der Waals surface area contributed by atoms with Gasteiger partial charge in [0, 0.05) is 10.0 Å². The van der Waals surface area contributed by atoms with Crippen molar-refractivity contribution in [2.24, 2.45) is 0 Å². The third-order valence-corrected chi connectivity index (χ3v) is 2.91. The molecule has 2 aromatic carbocycles. The molecule has 2 aromatic rings. The van der Waals surface area contributed by atoms with Crippen LogP contribution in [0, 0.1) is 0 Å². The lowest BCUT2D eigenvalue weighted by Crippen LogP contribution is -1.93. The summed E-state index contributed by atoms with van der Waals surface area (Å²) in [5, 5.41) is 21.2. The van der Waals surface area contributed by atoms with Gasteiger partial charge in [-0.3, -0.25) is 0 Å². The summed E-state index contributed by atoms with van der Waals surface area (Å²) in [5.74, 6) is 0.139. The van der Waals surface area contributed by atoms with Gasteiger partial charge in [-0.05, 0) is 35.9 Å². The Balaban J connectivity index is 2.82. The molecule has 0 aliphatic carbocycles. The van der Waals surface area contributed by atoms with Crippen LogP contribution >= 0.6 is 15.9 Å². The van der Waals surface area contributed by atoms with E-state index in [4.69, 9.17) is 0 Å². The monoisotopic (exact) mass is 266 g/mol. The van der Waals surface area contributed by atoms with E-state index in [1.54, 1.807) is 13.0 Å². The van der Waals surface area contributed by atoms with Crippen molar-refractivity contribution in [1.82, 2.24) is 0 Å². The van der Waals surface area contributed by atoms with Crippen LogP contribution < -0.4 is 0 Å². The highest BCUT2D eigenvalue weighted by atomic mass is 79.9. The minimum absolute atomic E-state index is 0.139. The Morgan fingerprint density at radius 2 is 1.93 bits per heavy atom. The summed E-state index contributed by atoms with van der Waals surface area (Å²) in [6.07, 6.45) is -0.671. The van der Waals surface area contributed by atoms with E-state index in [9.17, 15) is 10.2 Å². The highest BCUT2D eigenvalue weighted by molar-refractivity contribution is 9.10. The lowest BCUT2D eigenvalue weighted by molar-refractivity contribution is 0.196. The lowest BCUT2D eigenvalue weighted by atomic mass is 10.0. The number of aliphatic hydroxyl groups excluding tert-OH is 1. The maximum atomic E-state index is 9.68. The number of phenols is 1. The van der Waals surface area contributed by atoms with Crippen molar-refractivity contribution in [2.75, 3.05) is 0 Å². The Morgan fingerprint density at radius 1 is 1.20 bits per heavy atom. The predicted octanol–water partition coefficient (Wildman–Crippen LogP) is 3.36. The molecule has 0 amide bonds. The summed E-state index contributed by atoms with van der Waals surface area (Å²) in [6.45, 7) is 1.65. The summed E-state index contributed by atoms with van der Waals surface area (Å²) in [5.41, 5.74) is 0.583. The molecule has 0 bridgehead atoms. The minimum atomic E-state index is -0.671. The molecule has 0 aliphatic rings. The van der Waals surface area contributed by atoms with E-state index in [2.05, 4.69) is 15.9 Å². The highest BCUT2D eigenvalue weighted by Gasteiger charge is 2.11. The molecule has 2 nitrogen and oxygen atoms in total. The van der Waals surface area contributed by atoms with Crippen molar-refractivity contribution in [3.63, 3.8) is 0 Å². The fourth-order valence-electron chi connectivity index (χ4n) is 1.75. The van der Waals surface area contributed by atoms with Crippen molar-refractivity contribution < 1.29 is 10.2 Å². The first-order chi connectivity index (χ1) is 7.09. The van der Waals surface area contributed by atoms with E-state index >= 15 is 0 Å². The molecule has 0 saturated carbocycles. The van der Waals surface area contributed by atoms with Gasteiger partial charge in [0.1, 0.15) is 5.75 Å². The number of aliphatic hydroxyl groups is 1. The van der Waals surface area contributed by atoms with E-state index in [1.165, 1.54) is 0 Å². The average molecular weight is 267 g/mol. The molecule has 0 aliphatic heterocycles. The second-order valence-corrected chi connectivity index (χ2v) is 4.46. The zero-order valence-electron chi connectivity index (χ0n) is 8.24. The van der Waals surface area contributed by atoms with Crippen LogP contribution in [0.4, 0.5) is 0 Å². The Labute approximate surface area is 96.3 Å². The molecule has 0 radical (unpaired) electrons. The summed E-state index contributed by atoms with van der Waals surface area (Å²) in [4.78, 5) is 0. The number of hydrogen-bond donors (Lipinski definition) is 2. The van der Waals surface area contributed by atoms with E-state index in [1.807, 2.05) is 24.3 Å². The normalized spacial score (nSPS) is 13.0. The third-order valence-electron chi connectivity index (χ3n) is 2.42. The molecule has 1 atom stereocenters. The molecule has 0 heterocycles. The van der Waals surface area contributed by atoms with Gasteiger partial charge in [0.05, 0.1) is 6.10 Å². The summed E-state index contributed by atoms with van der Waals surface area (Å²) < 4.78 is 0.984. The van der Waals surface area contributed by atoms with Crippen LogP contribution in [0.1, 0.15) is 18.6 Å². The molecular weight excluding hydrogens is 256 g/mol. The maximum Gasteiger partial charge on any atom is 0.122 e. The van der Waals surface area contributed by atoms with Gasteiger partial charge < -0.3 is 10.2 Å². The molecule has 3 heteroatoms. The first-order valence-corrected chi connectivity index (χ1v) is 5.48. The van der Waals surface area contributed by atoms with E-state index in [0.29, 0.717) is 5.56 Å². The van der Waals surface area contributed by atoms with Gasteiger partial charge in [0.25, 0.3) is 0 Å². The molecule has 2 rings (SSSR count). The summed E-state index contributed by atoms with van der Waals surface area (Å²) in [6, 6.07) is 9.19. The third kappa shape index (κ3) is 1.85. The van der Waals surface area contributed by atoms with Crippen LogP contribution in [-0.2, 0) is 0 Å². The van der Waals surface area contributed by atoms with Crippen LogP contribution in [-0.4, -0.2) is 10.2 Å². The predicted molar refractivity (Wildman–Crippen MR) is 63.9 cm³/mol. The Kier molecular flexibility index (Phi) is 2.67. The zero-order chi connectivity index (χ0) is 11.0. The standard InChI is InChI=1S/C12H11BrO2/c1-7(14)12-10-4-3-9(13)6-8(10)2-5-11(12)15/h2-7,14-15H,1H3. The molecule has 0 aromatic heterocycles. The van der Waals surface area contributed by atoms with Crippen LogP contribution in [0.2, 0.25) is 0 Å². The summed E-state index contributed by atoms with van der Waals surface area (Å²) >= 11 is 3.39. The summed E-state index contributed by atoms with van der Waals surface area (Å²) in [7, 11) is 0. The molecule has 15 heavy (non-hydrogen) atoms. The highest BCUT2D eigenvalue weighted by Crippen LogP contribution is 2.33. The van der Waals surface area contributed by atoms with Crippen LogP contribution in [0.5, 0.6) is 5.75 Å². The molecule has 0 spiro atoms. The minimum Gasteiger partial charge on any atom is -0.508 e. The average Bonchev–Trinajstić information content (AvgIpc) is 2.17. The maximum absolute atomic E-state index is 9.68. The molecule has 1 unspecified atom stereocenters. The van der Waals surface area contributed by atoms with Crippen molar-refractivity contribution in [2.45, 2.75) is 13.0 Å². The van der Waals surface area contributed by atoms with Crippen molar-refractivity contribution >= 4 is 26.7 Å². The lowest BCUT2D eigenvalue weighted by Gasteiger charge is -2.11. The smallest absolute Gasteiger partial charge is 0.122 e. The zero-order valence-corrected chi connectivity index (χ0v) is 9.82. The molecular formula is C12H11BrO2. The van der Waals surface area contributed by atoms with E-state index < -0.39 is 6.10 Å². The van der Waals surface area contributed by atoms with Crippen molar-refractivity contribution in [3.8, 4) is 5.75 Å². The van der Waals surface area contributed by atoms with Gasteiger partial charge in [-0.1, -0.05) is 28.1 Å². The van der Waals surface area contributed by atoms with Gasteiger partial charge in [-0.15, -0.1) is 0 Å². The number of hydrogen-bond acceptors (Lipinski definition) is 2. The molecule has 0 fully saturated rings. The van der Waals surface area contributed by atoms with Crippen molar-refractivity contribution in [3.05, 3.63) is 40.4 Å². The van der Waals surface area contributed by atoms with E-state index in [0.717, 1.165) is 15.2 Å². The van der Waals surface area contributed by atoms with Gasteiger partial charge in [0.2, 0.25) is 0 Å². The number of rotatable bonds is 1. The van der Waals surface area contributed by atoms with E-state index in [-0.39, 0.29) is 5.75 Å². The number of aromatic hydroxyl groups is 1. The fourth-order valence-corrected chi connectivity index (χ4v) is 2.13. The van der Waals surface area contributed by atoms with Gasteiger partial charge >= 0.3 is 0 Å². The van der Waals surface area contributed by atoms with Gasteiger partial charge in [0.15, 0.2) is 0 Å². The Bertz CT molecular complexity index is 506. The number of halogens is 1. The van der Waals surface area contributed by atoms with Crippen molar-refractivity contribution in [1.29, 1.82) is 0 Å². The topological polar surface area (TPSA) is 40.5 Å². The van der Waals surface area contributed by atoms with Gasteiger partial charge in [-0.25, -0.2) is 0 Å². The van der Waals surface area contributed by atoms with Gasteiger partial charge in [-0.2, -0.15) is 0 Å². The second kappa shape index (κ2) is 3.83. The molecule has 0 saturated heterocycles. The number of phenolic OH excluding ortho intramolecular Hbond substituents is 1. The first kappa shape index (κ1) is 10.5. The quantitative estimate of drug-likeness (QED) is 0.831. The number of benzene rings is 2. The number of fused-ring (bicyclic) bond motifs is 1.